The Labute approximate surface area is 122 Å². The van der Waals surface area contributed by atoms with Gasteiger partial charge < -0.3 is 16.3 Å². The molecule has 2 rings (SSSR count). The summed E-state index contributed by atoms with van der Waals surface area (Å²) in [6, 6.07) is 17.1. The van der Waals surface area contributed by atoms with Crippen LogP contribution in [0.1, 0.15) is 11.5 Å². The highest BCUT2D eigenvalue weighted by Gasteiger charge is 2.16. The van der Waals surface area contributed by atoms with Gasteiger partial charge in [-0.2, -0.15) is 0 Å². The van der Waals surface area contributed by atoms with Crippen LogP contribution in [-0.2, 0) is 0 Å². The fourth-order valence-corrected chi connectivity index (χ4v) is 2.06. The number of benzene rings is 2. The predicted octanol–water partition coefficient (Wildman–Crippen LogP) is 3.28. The van der Waals surface area contributed by atoms with Crippen LogP contribution in [0, 0.1) is 0 Å². The van der Waals surface area contributed by atoms with Crippen molar-refractivity contribution >= 4 is 23.1 Å². The average Bonchev–Trinajstić information content (AvgIpc) is 2.50. The zero-order valence-electron chi connectivity index (χ0n) is 10.8. The summed E-state index contributed by atoms with van der Waals surface area (Å²) in [5.74, 6) is -0.0189. The maximum Gasteiger partial charge on any atom is 0.148 e. The lowest BCUT2D eigenvalue weighted by atomic mass is 9.98. The third-order valence-corrected chi connectivity index (χ3v) is 3.28. The van der Waals surface area contributed by atoms with Crippen LogP contribution in [0.25, 0.3) is 0 Å². The van der Waals surface area contributed by atoms with Crippen LogP contribution in [0.4, 0.5) is 5.69 Å². The van der Waals surface area contributed by atoms with Crippen molar-refractivity contribution in [1.82, 2.24) is 0 Å². The van der Waals surface area contributed by atoms with Crippen molar-refractivity contribution in [3.63, 3.8) is 0 Å². The number of rotatable bonds is 5. The summed E-state index contributed by atoms with van der Waals surface area (Å²) in [6.07, 6.45) is 0. The molecule has 2 aromatic rings. The summed E-state index contributed by atoms with van der Waals surface area (Å²) in [5, 5.41) is 16.0. The Morgan fingerprint density at radius 3 is 2.40 bits per heavy atom. The number of nitrogens with one attached hydrogen (secondary N) is 1. The van der Waals surface area contributed by atoms with Crippen LogP contribution >= 0.6 is 11.6 Å². The number of nitrogens with two attached hydrogens (primary N) is 1. The Morgan fingerprint density at radius 1 is 1.15 bits per heavy atom. The van der Waals surface area contributed by atoms with E-state index in [2.05, 4.69) is 10.5 Å². The number of hydrogen-bond donors (Lipinski definition) is 3. The zero-order chi connectivity index (χ0) is 14.4. The van der Waals surface area contributed by atoms with Gasteiger partial charge in [-0.25, -0.2) is 0 Å². The second-order valence-corrected chi connectivity index (χ2v) is 4.81. The molecule has 0 heterocycles. The molecule has 0 aliphatic carbocycles. The molecule has 0 aliphatic rings. The smallest absolute Gasteiger partial charge is 0.148 e. The summed E-state index contributed by atoms with van der Waals surface area (Å²) in [5.41, 5.74) is 7.70. The van der Waals surface area contributed by atoms with E-state index >= 15 is 0 Å². The summed E-state index contributed by atoms with van der Waals surface area (Å²) in [7, 11) is 0. The number of nitrogens with zero attached hydrogens (tertiary/aromatic N) is 1. The van der Waals surface area contributed by atoms with Gasteiger partial charge in [0.15, 0.2) is 0 Å². The van der Waals surface area contributed by atoms with E-state index in [1.54, 1.807) is 0 Å². The number of amidine groups is 1. The largest absolute Gasteiger partial charge is 0.409 e. The van der Waals surface area contributed by atoms with E-state index < -0.39 is 0 Å². The molecule has 20 heavy (non-hydrogen) atoms. The SMILES string of the molecule is NC(=NO)C(CNc1ccc(Cl)cc1)c1ccccc1. The Kier molecular flexibility index (Phi) is 4.85. The second kappa shape index (κ2) is 6.82. The van der Waals surface area contributed by atoms with Gasteiger partial charge in [0.05, 0.1) is 5.92 Å². The fraction of sp³-hybridized carbons (Fsp3) is 0.133. The number of anilines is 1. The highest BCUT2D eigenvalue weighted by atomic mass is 35.5. The third kappa shape index (κ3) is 3.65. The third-order valence-electron chi connectivity index (χ3n) is 3.03. The van der Waals surface area contributed by atoms with Gasteiger partial charge >= 0.3 is 0 Å². The molecule has 2 aromatic carbocycles. The van der Waals surface area contributed by atoms with Gasteiger partial charge in [-0.05, 0) is 29.8 Å². The van der Waals surface area contributed by atoms with Crippen molar-refractivity contribution in [3.8, 4) is 0 Å². The van der Waals surface area contributed by atoms with Crippen LogP contribution < -0.4 is 11.1 Å². The van der Waals surface area contributed by atoms with Crippen molar-refractivity contribution in [3.05, 3.63) is 65.2 Å². The van der Waals surface area contributed by atoms with Crippen LogP contribution in [0.5, 0.6) is 0 Å². The van der Waals surface area contributed by atoms with Crippen LogP contribution in [-0.4, -0.2) is 17.6 Å². The molecule has 0 radical (unpaired) electrons. The molecule has 1 unspecified atom stereocenters. The lowest BCUT2D eigenvalue weighted by Gasteiger charge is -2.17. The van der Waals surface area contributed by atoms with Crippen LogP contribution in [0.15, 0.2) is 59.8 Å². The molecule has 4 N–H and O–H groups in total. The fourth-order valence-electron chi connectivity index (χ4n) is 1.94. The molecule has 1 atom stereocenters. The normalized spacial score (nSPS) is 12.9. The van der Waals surface area contributed by atoms with Crippen LogP contribution in [0.2, 0.25) is 5.02 Å². The molecule has 4 nitrogen and oxygen atoms in total. The molecule has 0 fully saturated rings. The number of hydrogen-bond acceptors (Lipinski definition) is 3. The van der Waals surface area contributed by atoms with Gasteiger partial charge in [-0.15, -0.1) is 0 Å². The van der Waals surface area contributed by atoms with Gasteiger partial charge in [0.25, 0.3) is 0 Å². The molecule has 0 saturated carbocycles. The van der Waals surface area contributed by atoms with Gasteiger partial charge in [0, 0.05) is 17.3 Å². The molecule has 0 saturated heterocycles. The van der Waals surface area contributed by atoms with Gasteiger partial charge in [-0.1, -0.05) is 47.1 Å². The first-order valence-corrected chi connectivity index (χ1v) is 6.60. The predicted molar refractivity (Wildman–Crippen MR) is 82.5 cm³/mol. The minimum Gasteiger partial charge on any atom is -0.409 e. The minimum atomic E-state index is -0.197. The molecule has 104 valence electrons. The minimum absolute atomic E-state index is 0.178. The highest BCUT2D eigenvalue weighted by Crippen LogP contribution is 2.18. The maximum absolute atomic E-state index is 8.92. The maximum atomic E-state index is 8.92. The van der Waals surface area contributed by atoms with Crippen LogP contribution in [0.3, 0.4) is 0 Å². The molecule has 0 aliphatic heterocycles. The van der Waals surface area contributed by atoms with E-state index in [1.165, 1.54) is 0 Å². The zero-order valence-corrected chi connectivity index (χ0v) is 11.6. The standard InChI is InChI=1S/C15H16ClN3O/c16-12-6-8-13(9-7-12)18-10-14(15(17)19-20)11-4-2-1-3-5-11/h1-9,14,18,20H,10H2,(H2,17,19). The molecular weight excluding hydrogens is 274 g/mol. The Balaban J connectivity index is 2.11. The van der Waals surface area contributed by atoms with Crippen molar-refractivity contribution in [2.45, 2.75) is 5.92 Å². The van der Waals surface area contributed by atoms with E-state index in [-0.39, 0.29) is 11.8 Å². The first kappa shape index (κ1) is 14.2. The first-order chi connectivity index (χ1) is 9.70. The average molecular weight is 290 g/mol. The van der Waals surface area contributed by atoms with Gasteiger partial charge in [-0.3, -0.25) is 0 Å². The first-order valence-electron chi connectivity index (χ1n) is 6.22. The molecular formula is C15H16ClN3O. The topological polar surface area (TPSA) is 70.6 Å². The van der Waals surface area contributed by atoms with Gasteiger partial charge in [0.1, 0.15) is 5.84 Å². The lowest BCUT2D eigenvalue weighted by Crippen LogP contribution is -2.27. The Morgan fingerprint density at radius 2 is 1.80 bits per heavy atom. The molecule has 0 aromatic heterocycles. The molecule has 0 bridgehead atoms. The second-order valence-electron chi connectivity index (χ2n) is 4.38. The highest BCUT2D eigenvalue weighted by molar-refractivity contribution is 6.30. The quantitative estimate of drug-likeness (QED) is 0.342. The molecule has 0 spiro atoms. The van der Waals surface area contributed by atoms with Crippen molar-refractivity contribution in [2.75, 3.05) is 11.9 Å². The van der Waals surface area contributed by atoms with E-state index in [1.807, 2.05) is 54.6 Å². The van der Waals surface area contributed by atoms with Crippen molar-refractivity contribution in [2.24, 2.45) is 10.9 Å². The summed E-state index contributed by atoms with van der Waals surface area (Å²) >= 11 is 5.84. The number of oxime groups is 1. The van der Waals surface area contributed by atoms with Gasteiger partial charge in [0.2, 0.25) is 0 Å². The Hall–Kier alpha value is -2.20. The monoisotopic (exact) mass is 289 g/mol. The summed E-state index contributed by atoms with van der Waals surface area (Å²) in [4.78, 5) is 0. The number of halogens is 1. The van der Waals surface area contributed by atoms with E-state index in [4.69, 9.17) is 22.5 Å². The molecule has 5 heteroatoms. The summed E-state index contributed by atoms with van der Waals surface area (Å²) < 4.78 is 0. The van der Waals surface area contributed by atoms with E-state index in [0.29, 0.717) is 11.6 Å². The lowest BCUT2D eigenvalue weighted by molar-refractivity contribution is 0.316. The van der Waals surface area contributed by atoms with E-state index in [9.17, 15) is 0 Å². The molecule has 0 amide bonds. The van der Waals surface area contributed by atoms with Crippen molar-refractivity contribution in [1.29, 1.82) is 0 Å². The van der Waals surface area contributed by atoms with E-state index in [0.717, 1.165) is 11.3 Å². The Bertz CT molecular complexity index is 569. The van der Waals surface area contributed by atoms with Crippen molar-refractivity contribution < 1.29 is 5.21 Å². The summed E-state index contributed by atoms with van der Waals surface area (Å²) in [6.45, 7) is 0.529.